The Hall–Kier alpha value is -2.58. The van der Waals surface area contributed by atoms with Crippen LogP contribution in [0.1, 0.15) is 24.2 Å². The number of sulfonamides is 1. The van der Waals surface area contributed by atoms with Crippen LogP contribution in [0, 0.1) is 0 Å². The van der Waals surface area contributed by atoms with Crippen LogP contribution in [0.5, 0.6) is 0 Å². The summed E-state index contributed by atoms with van der Waals surface area (Å²) in [6, 6.07) is 11.4. The van der Waals surface area contributed by atoms with Crippen LogP contribution in [0.3, 0.4) is 0 Å². The Morgan fingerprint density at radius 2 is 1.64 bits per heavy atom. The molecule has 7 nitrogen and oxygen atoms in total. The molecular weight excluding hydrogens is 406 g/mol. The molecule has 28 heavy (non-hydrogen) atoms. The highest BCUT2D eigenvalue weighted by Gasteiger charge is 2.28. The van der Waals surface area contributed by atoms with Crippen LogP contribution in [0.2, 0.25) is 5.02 Å². The number of rotatable bonds is 8. The average molecular weight is 426 g/mol. The van der Waals surface area contributed by atoms with Crippen molar-refractivity contribution in [2.24, 2.45) is 0 Å². The molecule has 0 saturated carbocycles. The highest BCUT2D eigenvalue weighted by atomic mass is 35.5. The third kappa shape index (κ3) is 5.24. The molecule has 2 aromatic rings. The second-order valence-electron chi connectivity index (χ2n) is 5.54. The van der Waals surface area contributed by atoms with Crippen LogP contribution >= 0.6 is 11.6 Å². The number of carbonyl (C=O) groups is 2. The summed E-state index contributed by atoms with van der Waals surface area (Å²) in [6.07, 6.45) is 0. The molecule has 9 heteroatoms. The summed E-state index contributed by atoms with van der Waals surface area (Å²) < 4.78 is 37.0. The van der Waals surface area contributed by atoms with Gasteiger partial charge in [0, 0.05) is 5.02 Å². The van der Waals surface area contributed by atoms with Gasteiger partial charge in [0.05, 0.1) is 29.4 Å². The van der Waals surface area contributed by atoms with Gasteiger partial charge in [-0.05, 0) is 56.3 Å². The third-order valence-electron chi connectivity index (χ3n) is 3.62. The maximum absolute atomic E-state index is 13.1. The standard InChI is InChI=1S/C19H20ClNO6S/c1-3-26-18(22)13-21(28(24,25)17-10-8-15(20)9-11-17)16-7-5-6-14(12-16)19(23)27-4-2/h5-12H,3-4,13H2,1-2H3. The number of hydrogen-bond acceptors (Lipinski definition) is 6. The average Bonchev–Trinajstić information content (AvgIpc) is 2.67. The molecule has 0 unspecified atom stereocenters. The number of esters is 2. The molecular formula is C19H20ClNO6S. The fraction of sp³-hybridized carbons (Fsp3) is 0.263. The number of ether oxygens (including phenoxy) is 2. The summed E-state index contributed by atoms with van der Waals surface area (Å²) >= 11 is 5.84. The van der Waals surface area contributed by atoms with Gasteiger partial charge >= 0.3 is 11.9 Å². The summed E-state index contributed by atoms with van der Waals surface area (Å²) in [5, 5.41) is 0.375. The molecule has 0 aliphatic carbocycles. The minimum atomic E-state index is -4.12. The largest absolute Gasteiger partial charge is 0.465 e. The molecule has 0 amide bonds. The van der Waals surface area contributed by atoms with E-state index in [-0.39, 0.29) is 29.4 Å². The van der Waals surface area contributed by atoms with E-state index in [0.29, 0.717) is 5.02 Å². The predicted octanol–water partition coefficient (Wildman–Crippen LogP) is 3.28. The number of hydrogen-bond donors (Lipinski definition) is 0. The van der Waals surface area contributed by atoms with E-state index in [2.05, 4.69) is 0 Å². The lowest BCUT2D eigenvalue weighted by atomic mass is 10.2. The molecule has 0 heterocycles. The van der Waals surface area contributed by atoms with Crippen LogP contribution in [0.25, 0.3) is 0 Å². The van der Waals surface area contributed by atoms with E-state index in [1.54, 1.807) is 13.8 Å². The molecule has 0 atom stereocenters. The van der Waals surface area contributed by atoms with Crippen LogP contribution in [0.4, 0.5) is 5.69 Å². The van der Waals surface area contributed by atoms with Crippen molar-refractivity contribution in [2.75, 3.05) is 24.1 Å². The summed E-state index contributed by atoms with van der Waals surface area (Å²) in [7, 11) is -4.12. The maximum atomic E-state index is 13.1. The Morgan fingerprint density at radius 3 is 2.25 bits per heavy atom. The van der Waals surface area contributed by atoms with E-state index in [4.69, 9.17) is 21.1 Å². The van der Waals surface area contributed by atoms with Crippen molar-refractivity contribution < 1.29 is 27.5 Å². The lowest BCUT2D eigenvalue weighted by Gasteiger charge is -2.24. The number of halogens is 1. The number of nitrogens with zero attached hydrogens (tertiary/aromatic N) is 1. The SMILES string of the molecule is CCOC(=O)CN(c1cccc(C(=O)OCC)c1)S(=O)(=O)c1ccc(Cl)cc1. The van der Waals surface area contributed by atoms with Crippen molar-refractivity contribution in [3.63, 3.8) is 0 Å². The fourth-order valence-corrected chi connectivity index (χ4v) is 3.90. The quantitative estimate of drug-likeness (QED) is 0.603. The minimum Gasteiger partial charge on any atom is -0.465 e. The monoisotopic (exact) mass is 425 g/mol. The van der Waals surface area contributed by atoms with Gasteiger partial charge in [0.15, 0.2) is 0 Å². The molecule has 0 aliphatic rings. The minimum absolute atomic E-state index is 0.0530. The van der Waals surface area contributed by atoms with Crippen LogP contribution in [-0.4, -0.2) is 40.1 Å². The van der Waals surface area contributed by atoms with E-state index in [1.165, 1.54) is 48.5 Å². The summed E-state index contributed by atoms with van der Waals surface area (Å²) in [6.45, 7) is 3.03. The van der Waals surface area contributed by atoms with Gasteiger partial charge in [-0.2, -0.15) is 0 Å². The Balaban J connectivity index is 2.50. The normalized spacial score (nSPS) is 11.0. The van der Waals surface area contributed by atoms with Crippen LogP contribution in [-0.2, 0) is 24.3 Å². The first-order valence-electron chi connectivity index (χ1n) is 8.50. The molecule has 0 bridgehead atoms. The lowest BCUT2D eigenvalue weighted by molar-refractivity contribution is -0.141. The van der Waals surface area contributed by atoms with Crippen molar-refractivity contribution in [1.82, 2.24) is 0 Å². The second-order valence-corrected chi connectivity index (χ2v) is 7.84. The summed E-state index contributed by atoms with van der Waals surface area (Å²) in [5.74, 6) is -1.31. The first kappa shape index (κ1) is 21.7. The predicted molar refractivity (Wildman–Crippen MR) is 105 cm³/mol. The summed E-state index contributed by atoms with van der Waals surface area (Å²) in [5.41, 5.74) is 0.299. The zero-order chi connectivity index (χ0) is 20.7. The first-order valence-corrected chi connectivity index (χ1v) is 10.3. The van der Waals surface area contributed by atoms with Crippen molar-refractivity contribution >= 4 is 39.3 Å². The molecule has 0 aliphatic heterocycles. The van der Waals surface area contributed by atoms with Gasteiger partial charge in [0.1, 0.15) is 6.54 Å². The highest BCUT2D eigenvalue weighted by Crippen LogP contribution is 2.26. The number of benzene rings is 2. The van der Waals surface area contributed by atoms with Gasteiger partial charge < -0.3 is 9.47 Å². The Morgan fingerprint density at radius 1 is 1.00 bits per heavy atom. The molecule has 0 spiro atoms. The third-order valence-corrected chi connectivity index (χ3v) is 5.66. The van der Waals surface area contributed by atoms with Crippen LogP contribution in [0.15, 0.2) is 53.4 Å². The molecule has 150 valence electrons. The van der Waals surface area contributed by atoms with Crippen molar-refractivity contribution in [3.8, 4) is 0 Å². The first-order chi connectivity index (χ1) is 13.3. The molecule has 0 N–H and O–H groups in total. The fourth-order valence-electron chi connectivity index (χ4n) is 2.38. The van der Waals surface area contributed by atoms with Crippen molar-refractivity contribution in [1.29, 1.82) is 0 Å². The topological polar surface area (TPSA) is 90.0 Å². The molecule has 0 fully saturated rings. The lowest BCUT2D eigenvalue weighted by Crippen LogP contribution is -2.36. The van der Waals surface area contributed by atoms with Crippen molar-refractivity contribution in [2.45, 2.75) is 18.7 Å². The van der Waals surface area contributed by atoms with Crippen LogP contribution < -0.4 is 4.31 Å². The highest BCUT2D eigenvalue weighted by molar-refractivity contribution is 7.92. The Kier molecular flexibility index (Phi) is 7.42. The maximum Gasteiger partial charge on any atom is 0.338 e. The van der Waals surface area contributed by atoms with E-state index >= 15 is 0 Å². The molecule has 0 aromatic heterocycles. The second kappa shape index (κ2) is 9.57. The summed E-state index contributed by atoms with van der Waals surface area (Å²) in [4.78, 5) is 24.0. The molecule has 0 saturated heterocycles. The molecule has 0 radical (unpaired) electrons. The molecule has 2 rings (SSSR count). The number of anilines is 1. The smallest absolute Gasteiger partial charge is 0.338 e. The van der Waals surface area contributed by atoms with Gasteiger partial charge in [-0.3, -0.25) is 9.10 Å². The Labute approximate surface area is 168 Å². The zero-order valence-electron chi connectivity index (χ0n) is 15.4. The van der Waals surface area contributed by atoms with Gasteiger partial charge in [0.2, 0.25) is 0 Å². The van der Waals surface area contributed by atoms with E-state index < -0.39 is 28.5 Å². The van der Waals surface area contributed by atoms with E-state index in [1.807, 2.05) is 0 Å². The molecule has 2 aromatic carbocycles. The zero-order valence-corrected chi connectivity index (χ0v) is 17.0. The van der Waals surface area contributed by atoms with Gasteiger partial charge in [-0.15, -0.1) is 0 Å². The van der Waals surface area contributed by atoms with E-state index in [0.717, 1.165) is 4.31 Å². The van der Waals surface area contributed by atoms with Gasteiger partial charge in [-0.25, -0.2) is 13.2 Å². The Bertz CT molecular complexity index is 943. The van der Waals surface area contributed by atoms with Gasteiger partial charge in [-0.1, -0.05) is 17.7 Å². The van der Waals surface area contributed by atoms with Crippen molar-refractivity contribution in [3.05, 3.63) is 59.1 Å². The van der Waals surface area contributed by atoms with Gasteiger partial charge in [0.25, 0.3) is 10.0 Å². The number of carbonyl (C=O) groups excluding carboxylic acids is 2. The van der Waals surface area contributed by atoms with E-state index in [9.17, 15) is 18.0 Å².